The van der Waals surface area contributed by atoms with E-state index in [1.54, 1.807) is 0 Å². The zero-order valence-electron chi connectivity index (χ0n) is 9.03. The first-order chi connectivity index (χ1) is 6.64. The third kappa shape index (κ3) is 3.75. The van der Waals surface area contributed by atoms with Crippen LogP contribution in [0.1, 0.15) is 25.8 Å². The average Bonchev–Trinajstić information content (AvgIpc) is 2.17. The molecular formula is C13H19N. The molecule has 0 saturated heterocycles. The van der Waals surface area contributed by atoms with E-state index in [4.69, 9.17) is 5.73 Å². The fraction of sp³-hybridized carbons (Fsp3) is 0.385. The van der Waals surface area contributed by atoms with Gasteiger partial charge in [-0.05, 0) is 23.9 Å². The highest BCUT2D eigenvalue weighted by Crippen LogP contribution is 2.22. The number of nitrogens with two attached hydrogens (primary N) is 1. The van der Waals surface area contributed by atoms with Crippen molar-refractivity contribution in [3.63, 3.8) is 0 Å². The van der Waals surface area contributed by atoms with Gasteiger partial charge in [0, 0.05) is 0 Å². The maximum absolute atomic E-state index is 5.55. The van der Waals surface area contributed by atoms with Gasteiger partial charge in [-0.1, -0.05) is 56.3 Å². The highest BCUT2D eigenvalue weighted by atomic mass is 14.5. The predicted molar refractivity (Wildman–Crippen MR) is 62.9 cm³/mol. The monoisotopic (exact) mass is 189 g/mol. The van der Waals surface area contributed by atoms with E-state index >= 15 is 0 Å². The van der Waals surface area contributed by atoms with Crippen LogP contribution in [0, 0.1) is 5.41 Å². The molecule has 0 bridgehead atoms. The largest absolute Gasteiger partial charge is 0.330 e. The second kappa shape index (κ2) is 4.97. The van der Waals surface area contributed by atoms with Crippen LogP contribution in [-0.2, 0) is 0 Å². The second-order valence-corrected chi connectivity index (χ2v) is 4.27. The van der Waals surface area contributed by atoms with Crippen LogP contribution in [0.5, 0.6) is 0 Å². The minimum Gasteiger partial charge on any atom is -0.330 e. The number of hydrogen-bond acceptors (Lipinski definition) is 1. The Labute approximate surface area is 86.6 Å². The highest BCUT2D eigenvalue weighted by molar-refractivity contribution is 5.49. The Morgan fingerprint density at radius 3 is 2.43 bits per heavy atom. The molecule has 0 fully saturated rings. The summed E-state index contributed by atoms with van der Waals surface area (Å²) in [5.41, 5.74) is 7.00. The number of allylic oxidation sites excluding steroid dienone is 1. The van der Waals surface area contributed by atoms with Gasteiger partial charge < -0.3 is 5.73 Å². The molecule has 1 nitrogen and oxygen atoms in total. The molecule has 1 rings (SSSR count). The molecule has 0 atom stereocenters. The van der Waals surface area contributed by atoms with Crippen molar-refractivity contribution >= 4 is 6.08 Å². The molecule has 2 N–H and O–H groups in total. The minimum atomic E-state index is 0.199. The molecule has 0 aliphatic carbocycles. The molecule has 0 saturated carbocycles. The Kier molecular flexibility index (Phi) is 3.90. The van der Waals surface area contributed by atoms with Crippen LogP contribution in [-0.4, -0.2) is 6.54 Å². The topological polar surface area (TPSA) is 26.0 Å². The van der Waals surface area contributed by atoms with Gasteiger partial charge in [0.15, 0.2) is 0 Å². The summed E-state index contributed by atoms with van der Waals surface area (Å²) in [5.74, 6) is 0. The third-order valence-electron chi connectivity index (χ3n) is 2.32. The maximum Gasteiger partial charge on any atom is -0.00692 e. The Balaban J connectivity index is 2.64. The van der Waals surface area contributed by atoms with E-state index in [2.05, 4.69) is 50.3 Å². The van der Waals surface area contributed by atoms with E-state index in [1.165, 1.54) is 5.56 Å². The molecule has 0 radical (unpaired) electrons. The fourth-order valence-electron chi connectivity index (χ4n) is 1.34. The summed E-state index contributed by atoms with van der Waals surface area (Å²) in [6.07, 6.45) is 5.42. The van der Waals surface area contributed by atoms with E-state index in [0.717, 1.165) is 13.0 Å². The lowest BCUT2D eigenvalue weighted by atomic mass is 9.88. The van der Waals surface area contributed by atoms with E-state index in [1.807, 2.05) is 6.07 Å². The maximum atomic E-state index is 5.55. The molecule has 0 unspecified atom stereocenters. The van der Waals surface area contributed by atoms with E-state index in [0.29, 0.717) is 0 Å². The van der Waals surface area contributed by atoms with Crippen molar-refractivity contribution in [1.29, 1.82) is 0 Å². The molecule has 0 amide bonds. The molecule has 0 aliphatic heterocycles. The Morgan fingerprint density at radius 1 is 1.21 bits per heavy atom. The van der Waals surface area contributed by atoms with Crippen molar-refractivity contribution < 1.29 is 0 Å². The van der Waals surface area contributed by atoms with Gasteiger partial charge >= 0.3 is 0 Å². The van der Waals surface area contributed by atoms with Crippen LogP contribution in [0.25, 0.3) is 6.08 Å². The average molecular weight is 189 g/mol. The summed E-state index contributed by atoms with van der Waals surface area (Å²) in [5, 5.41) is 0. The molecule has 0 spiro atoms. The van der Waals surface area contributed by atoms with E-state index < -0.39 is 0 Å². The lowest BCUT2D eigenvalue weighted by Gasteiger charge is -2.18. The summed E-state index contributed by atoms with van der Waals surface area (Å²) in [6.45, 7) is 5.16. The summed E-state index contributed by atoms with van der Waals surface area (Å²) >= 11 is 0. The van der Waals surface area contributed by atoms with Crippen molar-refractivity contribution in [2.75, 3.05) is 6.54 Å². The third-order valence-corrected chi connectivity index (χ3v) is 2.32. The number of hydrogen-bond donors (Lipinski definition) is 1. The molecule has 1 aromatic carbocycles. The van der Waals surface area contributed by atoms with Gasteiger partial charge in [0.05, 0.1) is 0 Å². The SMILES string of the molecule is CC(C)(/C=C/c1ccccc1)CCN. The van der Waals surface area contributed by atoms with Gasteiger partial charge in [0.1, 0.15) is 0 Å². The normalized spacial score (nSPS) is 12.2. The van der Waals surface area contributed by atoms with Crippen LogP contribution < -0.4 is 5.73 Å². The summed E-state index contributed by atoms with van der Waals surface area (Å²) < 4.78 is 0. The standard InChI is InChI=1S/C13H19N/c1-13(2,10-11-14)9-8-12-6-4-3-5-7-12/h3-9H,10-11,14H2,1-2H3/b9-8+. The van der Waals surface area contributed by atoms with Gasteiger partial charge in [0.2, 0.25) is 0 Å². The van der Waals surface area contributed by atoms with Crippen LogP contribution in [0.2, 0.25) is 0 Å². The van der Waals surface area contributed by atoms with Crippen LogP contribution in [0.4, 0.5) is 0 Å². The lowest BCUT2D eigenvalue weighted by molar-refractivity contribution is 0.448. The van der Waals surface area contributed by atoms with Crippen LogP contribution in [0.15, 0.2) is 36.4 Å². The van der Waals surface area contributed by atoms with Gasteiger partial charge in [-0.3, -0.25) is 0 Å². The molecule has 14 heavy (non-hydrogen) atoms. The minimum absolute atomic E-state index is 0.199. The first-order valence-electron chi connectivity index (χ1n) is 5.08. The zero-order chi connectivity index (χ0) is 10.4. The predicted octanol–water partition coefficient (Wildman–Crippen LogP) is 3.07. The summed E-state index contributed by atoms with van der Waals surface area (Å²) in [7, 11) is 0. The van der Waals surface area contributed by atoms with Gasteiger partial charge in [-0.15, -0.1) is 0 Å². The van der Waals surface area contributed by atoms with Gasteiger partial charge in [-0.25, -0.2) is 0 Å². The molecule has 1 aromatic rings. The Bertz CT molecular complexity index is 285. The van der Waals surface area contributed by atoms with Crippen LogP contribution in [0.3, 0.4) is 0 Å². The van der Waals surface area contributed by atoms with Crippen molar-refractivity contribution in [1.82, 2.24) is 0 Å². The molecule has 76 valence electrons. The van der Waals surface area contributed by atoms with Crippen molar-refractivity contribution in [2.24, 2.45) is 11.1 Å². The quantitative estimate of drug-likeness (QED) is 0.774. The Morgan fingerprint density at radius 2 is 1.86 bits per heavy atom. The molecule has 0 aromatic heterocycles. The van der Waals surface area contributed by atoms with Crippen LogP contribution >= 0.6 is 0 Å². The Hall–Kier alpha value is -1.08. The van der Waals surface area contributed by atoms with E-state index in [9.17, 15) is 0 Å². The first-order valence-corrected chi connectivity index (χ1v) is 5.08. The van der Waals surface area contributed by atoms with Gasteiger partial charge in [0.25, 0.3) is 0 Å². The molecule has 0 aliphatic rings. The number of benzene rings is 1. The first kappa shape index (κ1) is 11.0. The molecule has 1 heteroatoms. The van der Waals surface area contributed by atoms with Crippen molar-refractivity contribution in [3.8, 4) is 0 Å². The van der Waals surface area contributed by atoms with Crippen molar-refractivity contribution in [2.45, 2.75) is 20.3 Å². The second-order valence-electron chi connectivity index (χ2n) is 4.27. The smallest absolute Gasteiger partial charge is 0.00692 e. The fourth-order valence-corrected chi connectivity index (χ4v) is 1.34. The van der Waals surface area contributed by atoms with Gasteiger partial charge in [-0.2, -0.15) is 0 Å². The lowest BCUT2D eigenvalue weighted by Crippen LogP contribution is -2.13. The highest BCUT2D eigenvalue weighted by Gasteiger charge is 2.11. The zero-order valence-corrected chi connectivity index (χ0v) is 9.03. The molecule has 0 heterocycles. The summed E-state index contributed by atoms with van der Waals surface area (Å²) in [6, 6.07) is 10.3. The van der Waals surface area contributed by atoms with E-state index in [-0.39, 0.29) is 5.41 Å². The summed E-state index contributed by atoms with van der Waals surface area (Å²) in [4.78, 5) is 0. The molecular weight excluding hydrogens is 170 g/mol. The number of rotatable bonds is 4. The van der Waals surface area contributed by atoms with Crippen molar-refractivity contribution in [3.05, 3.63) is 42.0 Å².